The molecule has 0 aliphatic carbocycles. The van der Waals surface area contributed by atoms with Gasteiger partial charge in [-0.2, -0.15) is 0 Å². The molecule has 202 valence electrons. The predicted octanol–water partition coefficient (Wildman–Crippen LogP) is 4.10. The van der Waals surface area contributed by atoms with E-state index < -0.39 is 28.5 Å². The lowest BCUT2D eigenvalue weighted by Gasteiger charge is -2.34. The Morgan fingerprint density at radius 2 is 1.47 bits per heavy atom. The number of nitrogens with zero attached hydrogens (tertiary/aromatic N) is 2. The van der Waals surface area contributed by atoms with Gasteiger partial charge in [0.2, 0.25) is 21.8 Å². The zero-order valence-electron chi connectivity index (χ0n) is 22.6. The molecule has 1 unspecified atom stereocenters. The van der Waals surface area contributed by atoms with Gasteiger partial charge >= 0.3 is 0 Å². The molecule has 0 spiro atoms. The number of carbonyl (C=O) groups excluding carboxylic acids is 2. The van der Waals surface area contributed by atoms with E-state index in [0.717, 1.165) is 32.8 Å². The summed E-state index contributed by atoms with van der Waals surface area (Å²) in [6.45, 7) is 5.90. The zero-order chi connectivity index (χ0) is 27.7. The van der Waals surface area contributed by atoms with Crippen LogP contribution in [-0.2, 0) is 39.0 Å². The van der Waals surface area contributed by atoms with Gasteiger partial charge in [-0.25, -0.2) is 8.42 Å². The van der Waals surface area contributed by atoms with Crippen molar-refractivity contribution in [2.24, 2.45) is 0 Å². The van der Waals surface area contributed by atoms with Crippen LogP contribution < -0.4 is 9.62 Å². The van der Waals surface area contributed by atoms with E-state index in [2.05, 4.69) is 5.32 Å². The highest BCUT2D eigenvalue weighted by Gasteiger charge is 2.33. The minimum atomic E-state index is -3.79. The van der Waals surface area contributed by atoms with Gasteiger partial charge in [0.05, 0.1) is 11.9 Å². The summed E-state index contributed by atoms with van der Waals surface area (Å²) in [5.41, 5.74) is 4.07. The third kappa shape index (κ3) is 7.44. The number of benzene rings is 3. The van der Waals surface area contributed by atoms with Crippen molar-refractivity contribution in [2.75, 3.05) is 23.7 Å². The van der Waals surface area contributed by atoms with E-state index >= 15 is 0 Å². The molecule has 3 aromatic carbocycles. The van der Waals surface area contributed by atoms with E-state index in [0.29, 0.717) is 25.1 Å². The molecule has 0 aliphatic heterocycles. The molecule has 0 fully saturated rings. The zero-order valence-corrected chi connectivity index (χ0v) is 23.4. The van der Waals surface area contributed by atoms with Crippen LogP contribution in [0.15, 0.2) is 78.9 Å². The maximum Gasteiger partial charge on any atom is 0.244 e. The minimum Gasteiger partial charge on any atom is -0.355 e. The molecule has 0 saturated carbocycles. The molecule has 1 atom stereocenters. The monoisotopic (exact) mass is 535 g/mol. The number of carbonyl (C=O) groups is 2. The Hall–Kier alpha value is -3.65. The molecule has 0 aliphatic rings. The van der Waals surface area contributed by atoms with Crippen molar-refractivity contribution in [1.82, 2.24) is 10.2 Å². The molecule has 0 saturated heterocycles. The molecule has 8 heteroatoms. The van der Waals surface area contributed by atoms with Gasteiger partial charge in [-0.1, -0.05) is 79.7 Å². The van der Waals surface area contributed by atoms with Crippen molar-refractivity contribution in [3.05, 3.63) is 101 Å². The SMILES string of the molecule is CCNC(=O)C(Cc1ccccc1)N(Cc1ccccc1C)C(=O)CN(c1ccccc1CC)S(C)(=O)=O. The van der Waals surface area contributed by atoms with Crippen molar-refractivity contribution >= 4 is 27.5 Å². The topological polar surface area (TPSA) is 86.8 Å². The second-order valence-electron chi connectivity index (χ2n) is 9.30. The highest BCUT2D eigenvalue weighted by Crippen LogP contribution is 2.25. The first-order valence-corrected chi connectivity index (χ1v) is 14.7. The Kier molecular flexibility index (Phi) is 10.1. The fourth-order valence-electron chi connectivity index (χ4n) is 4.46. The number of aryl methyl sites for hydroxylation is 2. The number of nitrogens with one attached hydrogen (secondary N) is 1. The van der Waals surface area contributed by atoms with Gasteiger partial charge in [0, 0.05) is 19.5 Å². The summed E-state index contributed by atoms with van der Waals surface area (Å²) in [6, 6.07) is 23.6. The predicted molar refractivity (Wildman–Crippen MR) is 152 cm³/mol. The van der Waals surface area contributed by atoms with Gasteiger partial charge in [-0.15, -0.1) is 0 Å². The molecular formula is C30H37N3O4S. The fourth-order valence-corrected chi connectivity index (χ4v) is 5.35. The van der Waals surface area contributed by atoms with Crippen molar-refractivity contribution in [3.8, 4) is 0 Å². The molecule has 2 amide bonds. The molecule has 1 N–H and O–H groups in total. The van der Waals surface area contributed by atoms with Gasteiger partial charge < -0.3 is 10.2 Å². The summed E-state index contributed by atoms with van der Waals surface area (Å²) in [5, 5.41) is 2.87. The highest BCUT2D eigenvalue weighted by molar-refractivity contribution is 7.92. The third-order valence-electron chi connectivity index (χ3n) is 6.54. The molecule has 7 nitrogen and oxygen atoms in total. The van der Waals surface area contributed by atoms with Crippen molar-refractivity contribution in [3.63, 3.8) is 0 Å². The van der Waals surface area contributed by atoms with Crippen molar-refractivity contribution < 1.29 is 18.0 Å². The Balaban J connectivity index is 2.07. The van der Waals surface area contributed by atoms with Crippen LogP contribution in [0.5, 0.6) is 0 Å². The van der Waals surface area contributed by atoms with Crippen molar-refractivity contribution in [1.29, 1.82) is 0 Å². The molecule has 3 rings (SSSR count). The van der Waals surface area contributed by atoms with Gasteiger partial charge in [0.15, 0.2) is 0 Å². The molecule has 0 bridgehead atoms. The van der Waals surface area contributed by atoms with Crippen LogP contribution in [-0.4, -0.2) is 50.5 Å². The fraction of sp³-hybridized carbons (Fsp3) is 0.333. The highest BCUT2D eigenvalue weighted by atomic mass is 32.2. The summed E-state index contributed by atoms with van der Waals surface area (Å²) < 4.78 is 27.0. The van der Waals surface area contributed by atoms with E-state index in [1.165, 1.54) is 4.90 Å². The van der Waals surface area contributed by atoms with E-state index in [4.69, 9.17) is 0 Å². The maximum absolute atomic E-state index is 14.1. The Morgan fingerprint density at radius 1 is 0.868 bits per heavy atom. The molecular weight excluding hydrogens is 498 g/mol. The number of likely N-dealkylation sites (N-methyl/N-ethyl adjacent to an activating group) is 1. The van der Waals surface area contributed by atoms with Crippen LogP contribution in [0.1, 0.15) is 36.1 Å². The Labute approximate surface area is 226 Å². The Morgan fingerprint density at radius 3 is 2.08 bits per heavy atom. The summed E-state index contributed by atoms with van der Waals surface area (Å²) >= 11 is 0. The maximum atomic E-state index is 14.1. The first kappa shape index (κ1) is 28.9. The number of anilines is 1. The largest absolute Gasteiger partial charge is 0.355 e. The summed E-state index contributed by atoms with van der Waals surface area (Å²) in [4.78, 5) is 29.0. The number of sulfonamides is 1. The normalized spacial score (nSPS) is 12.0. The van der Waals surface area contributed by atoms with Crippen LogP contribution in [0.25, 0.3) is 0 Å². The van der Waals surface area contributed by atoms with Gasteiger partial charge in [-0.05, 0) is 48.6 Å². The minimum absolute atomic E-state index is 0.174. The van der Waals surface area contributed by atoms with E-state index in [-0.39, 0.29) is 12.5 Å². The molecule has 3 aromatic rings. The lowest BCUT2D eigenvalue weighted by molar-refractivity contribution is -0.140. The first-order chi connectivity index (χ1) is 18.2. The molecule has 0 heterocycles. The van der Waals surface area contributed by atoms with E-state index in [1.807, 2.05) is 87.5 Å². The standard InChI is InChI=1S/C30H37N3O4S/c1-5-25-17-12-13-19-27(25)33(38(4,36)37)22-29(34)32(21-26-18-11-10-14-23(26)3)28(30(35)31-6-2)20-24-15-8-7-9-16-24/h7-19,28H,5-6,20-22H2,1-4H3,(H,31,35). The van der Waals surface area contributed by atoms with Gasteiger partial charge in [0.1, 0.15) is 12.6 Å². The third-order valence-corrected chi connectivity index (χ3v) is 7.67. The second-order valence-corrected chi connectivity index (χ2v) is 11.2. The van der Waals surface area contributed by atoms with Gasteiger partial charge in [0.25, 0.3) is 0 Å². The molecule has 0 radical (unpaired) electrons. The smallest absolute Gasteiger partial charge is 0.244 e. The van der Waals surface area contributed by atoms with Crippen LogP contribution in [0, 0.1) is 6.92 Å². The second kappa shape index (κ2) is 13.2. The van der Waals surface area contributed by atoms with Crippen LogP contribution >= 0.6 is 0 Å². The van der Waals surface area contributed by atoms with Crippen molar-refractivity contribution in [2.45, 2.75) is 46.2 Å². The average Bonchev–Trinajstić information content (AvgIpc) is 2.90. The number of hydrogen-bond acceptors (Lipinski definition) is 4. The number of amides is 2. The number of rotatable bonds is 12. The summed E-state index contributed by atoms with van der Waals surface area (Å²) in [7, 11) is -3.79. The number of para-hydroxylation sites is 1. The van der Waals surface area contributed by atoms with Crippen LogP contribution in [0.2, 0.25) is 0 Å². The lowest BCUT2D eigenvalue weighted by Crippen LogP contribution is -2.53. The first-order valence-electron chi connectivity index (χ1n) is 12.9. The average molecular weight is 536 g/mol. The van der Waals surface area contributed by atoms with Crippen LogP contribution in [0.3, 0.4) is 0 Å². The van der Waals surface area contributed by atoms with E-state index in [9.17, 15) is 18.0 Å². The Bertz CT molecular complexity index is 1340. The number of hydrogen-bond donors (Lipinski definition) is 1. The van der Waals surface area contributed by atoms with E-state index in [1.54, 1.807) is 12.1 Å². The van der Waals surface area contributed by atoms with Crippen LogP contribution in [0.4, 0.5) is 5.69 Å². The summed E-state index contributed by atoms with van der Waals surface area (Å²) in [6.07, 6.45) is 2.01. The molecule has 0 aromatic heterocycles. The van der Waals surface area contributed by atoms with Gasteiger partial charge in [-0.3, -0.25) is 13.9 Å². The quantitative estimate of drug-likeness (QED) is 0.378. The molecule has 38 heavy (non-hydrogen) atoms. The summed E-state index contributed by atoms with van der Waals surface area (Å²) in [5.74, 6) is -0.727. The lowest BCUT2D eigenvalue weighted by atomic mass is 10.0.